The summed E-state index contributed by atoms with van der Waals surface area (Å²) in [6.07, 6.45) is 1.18. The van der Waals surface area contributed by atoms with Gasteiger partial charge in [-0.3, -0.25) is 4.79 Å². The van der Waals surface area contributed by atoms with Gasteiger partial charge >= 0.3 is 5.97 Å². The van der Waals surface area contributed by atoms with E-state index in [4.69, 9.17) is 0 Å². The Morgan fingerprint density at radius 2 is 1.81 bits per heavy atom. The van der Waals surface area contributed by atoms with Gasteiger partial charge in [-0.05, 0) is 42.7 Å². The smallest absolute Gasteiger partial charge is 0.354 e. The van der Waals surface area contributed by atoms with Crippen LogP contribution >= 0.6 is 0 Å². The van der Waals surface area contributed by atoms with Crippen LogP contribution in [0.5, 0.6) is 5.75 Å². The van der Waals surface area contributed by atoms with Gasteiger partial charge in [0.1, 0.15) is 17.0 Å². The van der Waals surface area contributed by atoms with Crippen LogP contribution < -0.4 is 5.32 Å². The molecule has 0 radical (unpaired) electrons. The van der Waals surface area contributed by atoms with Crippen LogP contribution in [0.25, 0.3) is 10.9 Å². The minimum atomic E-state index is -1.14. The molecular formula is C20H18N2O4. The number of aromatic nitrogens is 1. The molecule has 6 nitrogen and oxygen atoms in total. The predicted octanol–water partition coefficient (Wildman–Crippen LogP) is 3.00. The molecule has 2 aromatic carbocycles. The number of aromatic carboxylic acids is 1. The van der Waals surface area contributed by atoms with Crippen LogP contribution in [0.4, 0.5) is 0 Å². The molecule has 0 unspecified atom stereocenters. The monoisotopic (exact) mass is 350 g/mol. The number of para-hydroxylation sites is 1. The lowest BCUT2D eigenvalue weighted by Gasteiger charge is -2.10. The quantitative estimate of drug-likeness (QED) is 0.594. The number of aromatic hydroxyl groups is 1. The van der Waals surface area contributed by atoms with Crippen molar-refractivity contribution in [1.29, 1.82) is 0 Å². The second kappa shape index (κ2) is 7.65. The zero-order chi connectivity index (χ0) is 18.5. The highest BCUT2D eigenvalue weighted by molar-refractivity contribution is 5.94. The van der Waals surface area contributed by atoms with Crippen molar-refractivity contribution in [2.75, 3.05) is 6.54 Å². The Morgan fingerprint density at radius 3 is 2.54 bits per heavy atom. The number of aryl methyl sites for hydroxylation is 1. The van der Waals surface area contributed by atoms with Crippen molar-refractivity contribution < 1.29 is 19.8 Å². The van der Waals surface area contributed by atoms with Crippen LogP contribution in [-0.4, -0.2) is 33.6 Å². The number of rotatable bonds is 6. The van der Waals surface area contributed by atoms with E-state index < -0.39 is 5.97 Å². The molecule has 1 aromatic heterocycles. The van der Waals surface area contributed by atoms with Gasteiger partial charge in [-0.25, -0.2) is 9.78 Å². The third-order valence-electron chi connectivity index (χ3n) is 4.07. The Labute approximate surface area is 150 Å². The van der Waals surface area contributed by atoms with Gasteiger partial charge in [0.25, 0.3) is 5.91 Å². The molecule has 132 valence electrons. The maximum Gasteiger partial charge on any atom is 0.354 e. The summed E-state index contributed by atoms with van der Waals surface area (Å²) in [5.74, 6) is -1.34. The second-order valence-corrected chi connectivity index (χ2v) is 5.87. The number of fused-ring (bicyclic) bond motifs is 1. The van der Waals surface area contributed by atoms with E-state index in [1.807, 2.05) is 6.07 Å². The van der Waals surface area contributed by atoms with Crippen molar-refractivity contribution in [3.63, 3.8) is 0 Å². The molecule has 0 aliphatic heterocycles. The second-order valence-electron chi connectivity index (χ2n) is 5.87. The van der Waals surface area contributed by atoms with Crippen molar-refractivity contribution in [2.45, 2.75) is 12.8 Å². The van der Waals surface area contributed by atoms with E-state index in [2.05, 4.69) is 10.3 Å². The minimum absolute atomic E-state index is 0.0516. The summed E-state index contributed by atoms with van der Waals surface area (Å²) in [6, 6.07) is 15.4. The summed E-state index contributed by atoms with van der Waals surface area (Å²) in [6.45, 7) is 0.457. The van der Waals surface area contributed by atoms with E-state index in [0.717, 1.165) is 5.56 Å². The van der Waals surface area contributed by atoms with E-state index in [-0.39, 0.29) is 22.9 Å². The first kappa shape index (κ1) is 17.4. The lowest BCUT2D eigenvalue weighted by Crippen LogP contribution is -2.24. The molecule has 0 aliphatic carbocycles. The fourth-order valence-corrected chi connectivity index (χ4v) is 2.79. The molecule has 3 aromatic rings. The van der Waals surface area contributed by atoms with E-state index in [0.29, 0.717) is 30.3 Å². The van der Waals surface area contributed by atoms with Crippen LogP contribution in [0.3, 0.4) is 0 Å². The zero-order valence-electron chi connectivity index (χ0n) is 14.0. The van der Waals surface area contributed by atoms with Crippen LogP contribution in [-0.2, 0) is 6.42 Å². The van der Waals surface area contributed by atoms with E-state index in [1.165, 1.54) is 12.1 Å². The summed E-state index contributed by atoms with van der Waals surface area (Å²) in [5, 5.41) is 22.7. The van der Waals surface area contributed by atoms with Crippen LogP contribution in [0.15, 0.2) is 54.6 Å². The molecule has 0 saturated heterocycles. The number of carbonyl (C=O) groups excluding carboxylic acids is 1. The van der Waals surface area contributed by atoms with E-state index >= 15 is 0 Å². The number of carbonyl (C=O) groups is 2. The van der Waals surface area contributed by atoms with Gasteiger partial charge in [-0.1, -0.05) is 30.3 Å². The number of carboxylic acid groups (broad SMARTS) is 1. The normalized spacial score (nSPS) is 10.6. The lowest BCUT2D eigenvalue weighted by molar-refractivity contribution is 0.0690. The van der Waals surface area contributed by atoms with Gasteiger partial charge in [0.05, 0.1) is 0 Å². The lowest BCUT2D eigenvalue weighted by atomic mass is 10.0. The molecule has 0 saturated carbocycles. The van der Waals surface area contributed by atoms with Crippen molar-refractivity contribution >= 4 is 22.8 Å². The number of phenolic OH excluding ortho intramolecular Hbond substituents is 1. The standard InChI is InChI=1S/C20H18N2O4/c23-17-10-4-9-15-14(12-16(20(25)26)22-18(15)17)8-5-11-21-19(24)13-6-2-1-3-7-13/h1-4,6-7,9-10,12,23H,5,8,11H2,(H,21,24)(H,25,26). The van der Waals surface area contributed by atoms with Gasteiger partial charge in [0.2, 0.25) is 0 Å². The Morgan fingerprint density at radius 1 is 1.04 bits per heavy atom. The topological polar surface area (TPSA) is 99.5 Å². The first-order chi connectivity index (χ1) is 12.6. The first-order valence-electron chi connectivity index (χ1n) is 8.24. The molecular weight excluding hydrogens is 332 g/mol. The number of hydrogen-bond acceptors (Lipinski definition) is 4. The summed E-state index contributed by atoms with van der Waals surface area (Å²) in [7, 11) is 0. The number of hydrogen-bond donors (Lipinski definition) is 3. The summed E-state index contributed by atoms with van der Waals surface area (Å²) >= 11 is 0. The van der Waals surface area contributed by atoms with Crippen molar-refractivity contribution in [3.05, 3.63) is 71.4 Å². The predicted molar refractivity (Wildman–Crippen MR) is 97.5 cm³/mol. The van der Waals surface area contributed by atoms with Crippen LogP contribution in [0.1, 0.15) is 32.8 Å². The Bertz CT molecular complexity index is 955. The number of pyridine rings is 1. The molecule has 1 amide bonds. The number of phenols is 1. The zero-order valence-corrected chi connectivity index (χ0v) is 14.0. The first-order valence-corrected chi connectivity index (χ1v) is 8.24. The van der Waals surface area contributed by atoms with Gasteiger partial charge in [-0.2, -0.15) is 0 Å². The largest absolute Gasteiger partial charge is 0.506 e. The third kappa shape index (κ3) is 3.80. The van der Waals surface area contributed by atoms with Gasteiger partial charge in [0, 0.05) is 17.5 Å². The fourth-order valence-electron chi connectivity index (χ4n) is 2.79. The highest BCUT2D eigenvalue weighted by Gasteiger charge is 2.13. The molecule has 0 atom stereocenters. The Kier molecular flexibility index (Phi) is 5.12. The average Bonchev–Trinajstić information content (AvgIpc) is 2.66. The molecule has 3 rings (SSSR count). The highest BCUT2D eigenvalue weighted by atomic mass is 16.4. The fraction of sp³-hybridized carbons (Fsp3) is 0.150. The third-order valence-corrected chi connectivity index (χ3v) is 4.07. The molecule has 0 bridgehead atoms. The van der Waals surface area contributed by atoms with Gasteiger partial charge in [-0.15, -0.1) is 0 Å². The Hall–Kier alpha value is -3.41. The van der Waals surface area contributed by atoms with Crippen molar-refractivity contribution in [3.8, 4) is 5.75 Å². The molecule has 1 heterocycles. The number of nitrogens with one attached hydrogen (secondary N) is 1. The van der Waals surface area contributed by atoms with Crippen molar-refractivity contribution in [1.82, 2.24) is 10.3 Å². The minimum Gasteiger partial charge on any atom is -0.506 e. The van der Waals surface area contributed by atoms with E-state index in [9.17, 15) is 19.8 Å². The molecule has 0 aliphatic rings. The maximum atomic E-state index is 12.0. The maximum absolute atomic E-state index is 12.0. The highest BCUT2D eigenvalue weighted by Crippen LogP contribution is 2.26. The molecule has 0 fully saturated rings. The summed E-state index contributed by atoms with van der Waals surface area (Å²) < 4.78 is 0. The average molecular weight is 350 g/mol. The van der Waals surface area contributed by atoms with Crippen LogP contribution in [0.2, 0.25) is 0 Å². The van der Waals surface area contributed by atoms with Crippen LogP contribution in [0, 0.1) is 0 Å². The Balaban J connectivity index is 1.71. The number of carboxylic acids is 1. The van der Waals surface area contributed by atoms with Crippen molar-refractivity contribution in [2.24, 2.45) is 0 Å². The van der Waals surface area contributed by atoms with Gasteiger partial charge < -0.3 is 15.5 Å². The number of nitrogens with zero attached hydrogens (tertiary/aromatic N) is 1. The molecule has 6 heteroatoms. The van der Waals surface area contributed by atoms with E-state index in [1.54, 1.807) is 36.4 Å². The molecule has 3 N–H and O–H groups in total. The molecule has 0 spiro atoms. The summed E-state index contributed by atoms with van der Waals surface area (Å²) in [4.78, 5) is 27.3. The SMILES string of the molecule is O=C(NCCCc1cc(C(=O)O)nc2c(O)cccc12)c1ccccc1. The number of amides is 1. The summed E-state index contributed by atoms with van der Waals surface area (Å²) in [5.41, 5.74) is 1.54. The number of benzene rings is 2. The molecule has 26 heavy (non-hydrogen) atoms. The van der Waals surface area contributed by atoms with Gasteiger partial charge in [0.15, 0.2) is 0 Å².